The Bertz CT molecular complexity index is 639. The van der Waals surface area contributed by atoms with E-state index in [2.05, 4.69) is 27.6 Å². The van der Waals surface area contributed by atoms with E-state index in [4.69, 9.17) is 9.72 Å². The maximum absolute atomic E-state index is 5.56. The molecule has 0 aliphatic carbocycles. The van der Waals surface area contributed by atoms with Crippen LogP contribution in [0.3, 0.4) is 0 Å². The second-order valence-electron chi connectivity index (χ2n) is 6.73. The number of piperidine rings is 1. The zero-order valence-corrected chi connectivity index (χ0v) is 13.2. The van der Waals surface area contributed by atoms with Crippen molar-refractivity contribution in [1.29, 1.82) is 0 Å². The first-order valence-corrected chi connectivity index (χ1v) is 8.38. The van der Waals surface area contributed by atoms with Crippen LogP contribution in [0, 0.1) is 5.92 Å². The molecule has 2 fully saturated rings. The molecule has 5 heteroatoms. The molecule has 0 N–H and O–H groups in total. The molecule has 118 valence electrons. The van der Waals surface area contributed by atoms with Gasteiger partial charge in [-0.2, -0.15) is 0 Å². The maximum atomic E-state index is 5.56. The lowest BCUT2D eigenvalue weighted by atomic mass is 9.96. The average molecular weight is 300 g/mol. The van der Waals surface area contributed by atoms with Gasteiger partial charge in [0.05, 0.1) is 6.61 Å². The molecule has 2 saturated heterocycles. The molecular weight excluding hydrogens is 276 g/mol. The van der Waals surface area contributed by atoms with Gasteiger partial charge in [0.2, 0.25) is 0 Å². The van der Waals surface area contributed by atoms with Crippen LogP contribution in [0.15, 0.2) is 18.3 Å². The SMILES string of the molecule is CN1CCC(c2nc3cccnc3n2CC2CCOC2)CC1. The third-order valence-electron chi connectivity index (χ3n) is 5.08. The lowest BCUT2D eigenvalue weighted by molar-refractivity contribution is 0.182. The topological polar surface area (TPSA) is 43.2 Å². The Balaban J connectivity index is 1.69. The van der Waals surface area contributed by atoms with E-state index < -0.39 is 0 Å². The fourth-order valence-corrected chi connectivity index (χ4v) is 3.72. The van der Waals surface area contributed by atoms with Crippen molar-refractivity contribution in [2.45, 2.75) is 31.7 Å². The largest absolute Gasteiger partial charge is 0.381 e. The Morgan fingerprint density at radius 2 is 2.14 bits per heavy atom. The van der Waals surface area contributed by atoms with E-state index in [1.165, 1.54) is 18.7 Å². The van der Waals surface area contributed by atoms with E-state index in [-0.39, 0.29) is 0 Å². The Labute approximate surface area is 131 Å². The highest BCUT2D eigenvalue weighted by molar-refractivity contribution is 5.71. The van der Waals surface area contributed by atoms with E-state index in [0.717, 1.165) is 50.4 Å². The first-order chi connectivity index (χ1) is 10.8. The third-order valence-corrected chi connectivity index (χ3v) is 5.08. The number of likely N-dealkylation sites (tertiary alicyclic amines) is 1. The van der Waals surface area contributed by atoms with E-state index in [0.29, 0.717) is 11.8 Å². The zero-order valence-electron chi connectivity index (χ0n) is 13.2. The molecule has 2 aliphatic heterocycles. The Morgan fingerprint density at radius 3 is 2.91 bits per heavy atom. The van der Waals surface area contributed by atoms with Gasteiger partial charge in [-0.05, 0) is 51.5 Å². The monoisotopic (exact) mass is 300 g/mol. The van der Waals surface area contributed by atoms with Crippen LogP contribution in [0.25, 0.3) is 11.2 Å². The van der Waals surface area contributed by atoms with Gasteiger partial charge < -0.3 is 14.2 Å². The fraction of sp³-hybridized carbons (Fsp3) is 0.647. The lowest BCUT2D eigenvalue weighted by Crippen LogP contribution is -2.30. The van der Waals surface area contributed by atoms with Crippen LogP contribution in [0.4, 0.5) is 0 Å². The Kier molecular flexibility index (Phi) is 3.84. The van der Waals surface area contributed by atoms with Gasteiger partial charge in [0, 0.05) is 31.2 Å². The van der Waals surface area contributed by atoms with Crippen molar-refractivity contribution in [2.75, 3.05) is 33.4 Å². The van der Waals surface area contributed by atoms with E-state index in [9.17, 15) is 0 Å². The van der Waals surface area contributed by atoms with Crippen molar-refractivity contribution >= 4 is 11.2 Å². The molecule has 0 aromatic carbocycles. The van der Waals surface area contributed by atoms with Crippen LogP contribution in [0.2, 0.25) is 0 Å². The zero-order chi connectivity index (χ0) is 14.9. The summed E-state index contributed by atoms with van der Waals surface area (Å²) in [6.07, 6.45) is 5.42. The normalized spacial score (nSPS) is 24.3. The number of nitrogens with zero attached hydrogens (tertiary/aromatic N) is 4. The molecule has 0 saturated carbocycles. The summed E-state index contributed by atoms with van der Waals surface area (Å²) < 4.78 is 7.94. The molecular formula is C17H24N4O. The van der Waals surface area contributed by atoms with Gasteiger partial charge in [0.25, 0.3) is 0 Å². The van der Waals surface area contributed by atoms with Crippen molar-refractivity contribution in [3.05, 3.63) is 24.2 Å². The third kappa shape index (κ3) is 2.63. The number of imidazole rings is 1. The van der Waals surface area contributed by atoms with E-state index in [1.807, 2.05) is 12.3 Å². The van der Waals surface area contributed by atoms with Crippen LogP contribution >= 0.6 is 0 Å². The van der Waals surface area contributed by atoms with Crippen LogP contribution in [-0.4, -0.2) is 52.8 Å². The quantitative estimate of drug-likeness (QED) is 0.872. The van der Waals surface area contributed by atoms with Crippen molar-refractivity contribution in [2.24, 2.45) is 5.92 Å². The molecule has 2 aliphatic rings. The summed E-state index contributed by atoms with van der Waals surface area (Å²) in [6.45, 7) is 5.09. The van der Waals surface area contributed by atoms with Gasteiger partial charge in [-0.1, -0.05) is 0 Å². The smallest absolute Gasteiger partial charge is 0.160 e. The molecule has 0 radical (unpaired) electrons. The molecule has 0 bridgehead atoms. The van der Waals surface area contributed by atoms with Crippen molar-refractivity contribution in [1.82, 2.24) is 19.4 Å². The van der Waals surface area contributed by atoms with Crippen LogP contribution < -0.4 is 0 Å². The molecule has 4 heterocycles. The highest BCUT2D eigenvalue weighted by atomic mass is 16.5. The molecule has 4 rings (SSSR count). The summed E-state index contributed by atoms with van der Waals surface area (Å²) in [7, 11) is 2.20. The number of hydrogen-bond donors (Lipinski definition) is 0. The molecule has 1 unspecified atom stereocenters. The molecule has 0 spiro atoms. The van der Waals surface area contributed by atoms with Crippen LogP contribution in [-0.2, 0) is 11.3 Å². The van der Waals surface area contributed by atoms with E-state index in [1.54, 1.807) is 0 Å². The van der Waals surface area contributed by atoms with Crippen LogP contribution in [0.1, 0.15) is 31.0 Å². The first kappa shape index (κ1) is 14.2. The fourth-order valence-electron chi connectivity index (χ4n) is 3.72. The molecule has 22 heavy (non-hydrogen) atoms. The number of ether oxygens (including phenoxy) is 1. The van der Waals surface area contributed by atoms with Crippen molar-refractivity contribution in [3.8, 4) is 0 Å². The molecule has 0 amide bonds. The van der Waals surface area contributed by atoms with Crippen LogP contribution in [0.5, 0.6) is 0 Å². The number of fused-ring (bicyclic) bond motifs is 1. The number of pyridine rings is 1. The summed E-state index contributed by atoms with van der Waals surface area (Å²) in [5.74, 6) is 2.41. The second kappa shape index (κ2) is 5.97. The molecule has 2 aromatic heterocycles. The van der Waals surface area contributed by atoms with Crippen molar-refractivity contribution in [3.63, 3.8) is 0 Å². The highest BCUT2D eigenvalue weighted by Gasteiger charge is 2.26. The standard InChI is InChI=1S/C17H24N4O/c1-20-8-4-14(5-9-20)16-19-15-3-2-7-18-17(15)21(16)11-13-6-10-22-12-13/h2-3,7,13-14H,4-6,8-12H2,1H3. The van der Waals surface area contributed by atoms with Gasteiger partial charge >= 0.3 is 0 Å². The summed E-state index contributed by atoms with van der Waals surface area (Å²) in [5, 5.41) is 0. The van der Waals surface area contributed by atoms with Gasteiger partial charge in [0.1, 0.15) is 11.3 Å². The number of aromatic nitrogens is 3. The van der Waals surface area contributed by atoms with Crippen molar-refractivity contribution < 1.29 is 4.74 Å². The summed E-state index contributed by atoms with van der Waals surface area (Å²) in [6, 6.07) is 4.07. The van der Waals surface area contributed by atoms with Gasteiger partial charge in [0.15, 0.2) is 5.65 Å². The van der Waals surface area contributed by atoms with Gasteiger partial charge in [-0.15, -0.1) is 0 Å². The van der Waals surface area contributed by atoms with Gasteiger partial charge in [-0.25, -0.2) is 9.97 Å². The van der Waals surface area contributed by atoms with E-state index >= 15 is 0 Å². The minimum absolute atomic E-state index is 0.563. The highest BCUT2D eigenvalue weighted by Crippen LogP contribution is 2.30. The predicted octanol–water partition coefficient (Wildman–Crippen LogP) is 2.28. The maximum Gasteiger partial charge on any atom is 0.160 e. The number of hydrogen-bond acceptors (Lipinski definition) is 4. The minimum atomic E-state index is 0.563. The number of rotatable bonds is 3. The predicted molar refractivity (Wildman–Crippen MR) is 85.9 cm³/mol. The summed E-state index contributed by atoms with van der Waals surface area (Å²) in [4.78, 5) is 12.0. The summed E-state index contributed by atoms with van der Waals surface area (Å²) >= 11 is 0. The minimum Gasteiger partial charge on any atom is -0.381 e. The summed E-state index contributed by atoms with van der Waals surface area (Å²) in [5.41, 5.74) is 2.08. The molecule has 1 atom stereocenters. The Hall–Kier alpha value is -1.46. The van der Waals surface area contributed by atoms with Gasteiger partial charge in [-0.3, -0.25) is 0 Å². The first-order valence-electron chi connectivity index (χ1n) is 8.38. The lowest BCUT2D eigenvalue weighted by Gasteiger charge is -2.29. The molecule has 2 aromatic rings. The second-order valence-corrected chi connectivity index (χ2v) is 6.73. The average Bonchev–Trinajstić information content (AvgIpc) is 3.17. The Morgan fingerprint density at radius 1 is 1.27 bits per heavy atom. The molecule has 5 nitrogen and oxygen atoms in total.